The van der Waals surface area contributed by atoms with Gasteiger partial charge in [-0.3, -0.25) is 14.5 Å². The van der Waals surface area contributed by atoms with Crippen LogP contribution in [0.1, 0.15) is 43.4 Å². The molecule has 0 aromatic carbocycles. The summed E-state index contributed by atoms with van der Waals surface area (Å²) >= 11 is 0. The summed E-state index contributed by atoms with van der Waals surface area (Å²) in [6.45, 7) is 4.38. The smallest absolute Gasteiger partial charge is 0.267 e. The second-order valence-electron chi connectivity index (χ2n) is 7.31. The fraction of sp³-hybridized carbons (Fsp3) is 0.722. The number of carbonyl (C=O) groups is 1. The van der Waals surface area contributed by atoms with Crippen LogP contribution in [0.25, 0.3) is 0 Å². The van der Waals surface area contributed by atoms with Crippen LogP contribution < -0.4 is 5.56 Å². The van der Waals surface area contributed by atoms with E-state index in [0.717, 1.165) is 76.0 Å². The maximum Gasteiger partial charge on any atom is 0.267 e. The summed E-state index contributed by atoms with van der Waals surface area (Å²) in [5.41, 5.74) is 2.30. The van der Waals surface area contributed by atoms with Gasteiger partial charge in [-0.1, -0.05) is 0 Å². The van der Waals surface area contributed by atoms with Crippen molar-refractivity contribution < 1.29 is 4.79 Å². The number of aryl methyl sites for hydroxylation is 2. The van der Waals surface area contributed by atoms with Crippen molar-refractivity contribution in [2.24, 2.45) is 0 Å². The molecule has 3 heterocycles. The number of nitrogens with zero attached hydrogens (tertiary/aromatic N) is 4. The van der Waals surface area contributed by atoms with Gasteiger partial charge >= 0.3 is 0 Å². The third kappa shape index (κ3) is 3.11. The van der Waals surface area contributed by atoms with Crippen LogP contribution >= 0.6 is 0 Å². The molecule has 0 radical (unpaired) electrons. The van der Waals surface area contributed by atoms with Crippen LogP contribution in [0.4, 0.5) is 0 Å². The maximum absolute atomic E-state index is 12.3. The molecule has 24 heavy (non-hydrogen) atoms. The highest BCUT2D eigenvalue weighted by Crippen LogP contribution is 2.20. The first-order valence-corrected chi connectivity index (χ1v) is 9.32. The number of hydrogen-bond acceptors (Lipinski definition) is 4. The highest BCUT2D eigenvalue weighted by atomic mass is 16.2. The van der Waals surface area contributed by atoms with E-state index in [9.17, 15) is 9.59 Å². The van der Waals surface area contributed by atoms with E-state index in [1.165, 1.54) is 0 Å². The summed E-state index contributed by atoms with van der Waals surface area (Å²) in [5, 5.41) is 4.61. The number of rotatable bonds is 5. The van der Waals surface area contributed by atoms with Gasteiger partial charge in [-0.05, 0) is 50.6 Å². The summed E-state index contributed by atoms with van der Waals surface area (Å²) in [4.78, 5) is 28.5. The van der Waals surface area contributed by atoms with E-state index in [2.05, 4.69) is 10.00 Å². The number of fused-ring (bicyclic) bond motifs is 1. The normalized spacial score (nSPS) is 24.1. The molecule has 1 atom stereocenters. The van der Waals surface area contributed by atoms with Gasteiger partial charge in [0, 0.05) is 38.2 Å². The lowest BCUT2D eigenvalue weighted by molar-refractivity contribution is -0.127. The van der Waals surface area contributed by atoms with Crippen molar-refractivity contribution in [3.8, 4) is 0 Å². The molecule has 0 saturated carbocycles. The predicted octanol–water partition coefficient (Wildman–Crippen LogP) is 0.819. The van der Waals surface area contributed by atoms with Crippen LogP contribution in [-0.2, 0) is 24.2 Å². The Kier molecular flexibility index (Phi) is 4.39. The fourth-order valence-electron chi connectivity index (χ4n) is 4.36. The van der Waals surface area contributed by atoms with Crippen molar-refractivity contribution in [3.63, 3.8) is 0 Å². The molecule has 2 aliphatic heterocycles. The largest absolute Gasteiger partial charge is 0.341 e. The molecule has 6 heteroatoms. The zero-order valence-electron chi connectivity index (χ0n) is 14.2. The summed E-state index contributed by atoms with van der Waals surface area (Å²) in [7, 11) is 0. The standard InChI is InChI=1S/C18H26N4O2/c23-17-7-3-9-21(17)11-10-20-8-2-5-15(20)13-22-18(24)12-14-4-1-6-16(14)19-22/h12,15H,1-11,13H2. The van der Waals surface area contributed by atoms with E-state index in [1.54, 1.807) is 10.7 Å². The van der Waals surface area contributed by atoms with Crippen molar-refractivity contribution in [3.05, 3.63) is 27.7 Å². The minimum atomic E-state index is 0.0391. The van der Waals surface area contributed by atoms with Crippen LogP contribution in [0.15, 0.2) is 10.9 Å². The molecule has 0 spiro atoms. The van der Waals surface area contributed by atoms with Crippen LogP contribution in [0.2, 0.25) is 0 Å². The third-order valence-corrected chi connectivity index (χ3v) is 5.74. The van der Waals surface area contributed by atoms with Gasteiger partial charge in [-0.15, -0.1) is 0 Å². The second kappa shape index (κ2) is 6.67. The van der Waals surface area contributed by atoms with Gasteiger partial charge in [-0.25, -0.2) is 4.68 Å². The first-order valence-electron chi connectivity index (χ1n) is 9.32. The Morgan fingerprint density at radius 3 is 2.79 bits per heavy atom. The molecule has 0 bridgehead atoms. The minimum Gasteiger partial charge on any atom is -0.341 e. The summed E-state index contributed by atoms with van der Waals surface area (Å²) in [6, 6.07) is 2.16. The molecule has 1 unspecified atom stereocenters. The molecule has 2 saturated heterocycles. The SMILES string of the molecule is O=C1CCCN1CCN1CCCC1Cn1nc2c(cc1=O)CCC2. The number of aromatic nitrogens is 2. The van der Waals surface area contributed by atoms with E-state index >= 15 is 0 Å². The van der Waals surface area contributed by atoms with E-state index in [-0.39, 0.29) is 5.56 Å². The Morgan fingerprint density at radius 2 is 1.96 bits per heavy atom. The van der Waals surface area contributed by atoms with Crippen molar-refractivity contribution in [1.29, 1.82) is 0 Å². The number of amides is 1. The predicted molar refractivity (Wildman–Crippen MR) is 90.9 cm³/mol. The molecule has 1 aliphatic carbocycles. The average Bonchev–Trinajstić information content (AvgIpc) is 3.28. The van der Waals surface area contributed by atoms with Crippen molar-refractivity contribution in [2.45, 2.75) is 57.5 Å². The van der Waals surface area contributed by atoms with Crippen molar-refractivity contribution in [1.82, 2.24) is 19.6 Å². The Balaban J connectivity index is 1.40. The second-order valence-corrected chi connectivity index (χ2v) is 7.31. The molecular weight excluding hydrogens is 304 g/mol. The third-order valence-electron chi connectivity index (χ3n) is 5.74. The lowest BCUT2D eigenvalue weighted by Crippen LogP contribution is -2.41. The first kappa shape index (κ1) is 15.8. The van der Waals surface area contributed by atoms with Gasteiger partial charge in [0.15, 0.2) is 0 Å². The van der Waals surface area contributed by atoms with Crippen molar-refractivity contribution in [2.75, 3.05) is 26.2 Å². The number of likely N-dealkylation sites (tertiary alicyclic amines) is 2. The van der Waals surface area contributed by atoms with E-state index in [1.807, 2.05) is 4.90 Å². The highest BCUT2D eigenvalue weighted by Gasteiger charge is 2.28. The Labute approximate surface area is 142 Å². The van der Waals surface area contributed by atoms with Crippen molar-refractivity contribution >= 4 is 5.91 Å². The van der Waals surface area contributed by atoms with Gasteiger partial charge in [0.25, 0.3) is 5.56 Å². The van der Waals surface area contributed by atoms with Gasteiger partial charge in [0.1, 0.15) is 0 Å². The van der Waals surface area contributed by atoms with Gasteiger partial charge < -0.3 is 4.90 Å². The van der Waals surface area contributed by atoms with Crippen LogP contribution in [-0.4, -0.2) is 57.7 Å². The zero-order chi connectivity index (χ0) is 16.5. The summed E-state index contributed by atoms with van der Waals surface area (Å²) < 4.78 is 1.67. The average molecular weight is 330 g/mol. The fourth-order valence-corrected chi connectivity index (χ4v) is 4.36. The zero-order valence-corrected chi connectivity index (χ0v) is 14.2. The lowest BCUT2D eigenvalue weighted by Gasteiger charge is -2.27. The monoisotopic (exact) mass is 330 g/mol. The molecule has 4 rings (SSSR count). The Morgan fingerprint density at radius 1 is 1.04 bits per heavy atom. The number of hydrogen-bond donors (Lipinski definition) is 0. The van der Waals surface area contributed by atoms with E-state index in [0.29, 0.717) is 24.9 Å². The van der Waals surface area contributed by atoms with Gasteiger partial charge in [0.05, 0.1) is 12.2 Å². The molecule has 1 amide bonds. The molecule has 130 valence electrons. The molecule has 3 aliphatic rings. The minimum absolute atomic E-state index is 0.0391. The van der Waals surface area contributed by atoms with E-state index < -0.39 is 0 Å². The summed E-state index contributed by atoms with van der Waals surface area (Å²) in [6.07, 6.45) is 7.09. The van der Waals surface area contributed by atoms with Gasteiger partial charge in [0.2, 0.25) is 5.91 Å². The Bertz CT molecular complexity index is 684. The topological polar surface area (TPSA) is 58.4 Å². The highest BCUT2D eigenvalue weighted by molar-refractivity contribution is 5.78. The maximum atomic E-state index is 12.3. The van der Waals surface area contributed by atoms with E-state index in [4.69, 9.17) is 0 Å². The summed E-state index contributed by atoms with van der Waals surface area (Å²) in [5.74, 6) is 0.294. The number of carbonyl (C=O) groups excluding carboxylic acids is 1. The lowest BCUT2D eigenvalue weighted by atomic mass is 10.2. The molecule has 2 fully saturated rings. The van der Waals surface area contributed by atoms with Crippen LogP contribution in [0, 0.1) is 0 Å². The van der Waals surface area contributed by atoms with Crippen LogP contribution in [0.3, 0.4) is 0 Å². The molecule has 6 nitrogen and oxygen atoms in total. The van der Waals surface area contributed by atoms with Gasteiger partial charge in [-0.2, -0.15) is 5.10 Å². The molecule has 1 aromatic heterocycles. The van der Waals surface area contributed by atoms with Crippen LogP contribution in [0.5, 0.6) is 0 Å². The molecule has 1 aromatic rings. The quantitative estimate of drug-likeness (QED) is 0.802. The molecular formula is C18H26N4O2. The molecule has 0 N–H and O–H groups in total. The first-order chi connectivity index (χ1) is 11.7. The Hall–Kier alpha value is -1.69.